The molecule has 1 atom stereocenters. The van der Waals surface area contributed by atoms with E-state index in [0.29, 0.717) is 6.54 Å². The van der Waals surface area contributed by atoms with E-state index >= 15 is 0 Å². The van der Waals surface area contributed by atoms with Crippen molar-refractivity contribution in [3.63, 3.8) is 0 Å². The first-order chi connectivity index (χ1) is 6.24. The Hall–Kier alpha value is -0.580. The third-order valence-corrected chi connectivity index (χ3v) is 2.85. The molecule has 0 spiro atoms. The van der Waals surface area contributed by atoms with Gasteiger partial charge in [0.05, 0.1) is 6.10 Å². The molecular weight excluding hydrogens is 184 g/mol. The summed E-state index contributed by atoms with van der Waals surface area (Å²) in [5, 5.41) is 14.4. The van der Waals surface area contributed by atoms with Crippen LogP contribution in [0, 0.1) is 0 Å². The van der Waals surface area contributed by atoms with E-state index in [4.69, 9.17) is 5.73 Å². The zero-order valence-electron chi connectivity index (χ0n) is 7.79. The lowest BCUT2D eigenvalue weighted by atomic mass is 10.3. The van der Waals surface area contributed by atoms with Gasteiger partial charge in [-0.15, -0.1) is 11.3 Å². The molecule has 3 nitrogen and oxygen atoms in total. The highest BCUT2D eigenvalue weighted by Crippen LogP contribution is 2.17. The first kappa shape index (κ1) is 10.5. The van der Waals surface area contributed by atoms with E-state index in [-0.39, 0.29) is 6.10 Å². The first-order valence-corrected chi connectivity index (χ1v) is 5.32. The minimum absolute atomic E-state index is 0.249. The summed E-state index contributed by atoms with van der Waals surface area (Å²) < 4.78 is 0. The van der Waals surface area contributed by atoms with Gasteiger partial charge in [-0.2, -0.15) is 0 Å². The Kier molecular flexibility index (Phi) is 4.21. The van der Waals surface area contributed by atoms with Crippen LogP contribution in [-0.2, 0) is 6.54 Å². The molecule has 1 aromatic heterocycles. The molecule has 1 rings (SSSR count). The third-order valence-electron chi connectivity index (χ3n) is 1.92. The summed E-state index contributed by atoms with van der Waals surface area (Å²) in [4.78, 5) is 1.14. The van der Waals surface area contributed by atoms with Crippen molar-refractivity contribution in [1.82, 2.24) is 5.32 Å². The van der Waals surface area contributed by atoms with E-state index < -0.39 is 0 Å². The van der Waals surface area contributed by atoms with Gasteiger partial charge in [-0.3, -0.25) is 0 Å². The maximum Gasteiger partial charge on any atom is 0.0662 e. The fraction of sp³-hybridized carbons (Fsp3) is 0.556. The fourth-order valence-electron chi connectivity index (χ4n) is 0.991. The van der Waals surface area contributed by atoms with Crippen molar-refractivity contribution in [2.75, 3.05) is 12.3 Å². The number of nitrogen functional groups attached to an aromatic ring is 1. The molecule has 4 heteroatoms. The van der Waals surface area contributed by atoms with Crippen molar-refractivity contribution < 1.29 is 5.11 Å². The Labute approximate surface area is 82.6 Å². The molecule has 0 saturated carbocycles. The van der Waals surface area contributed by atoms with Crippen LogP contribution in [0.25, 0.3) is 0 Å². The summed E-state index contributed by atoms with van der Waals surface area (Å²) in [5.74, 6) is 0. The summed E-state index contributed by atoms with van der Waals surface area (Å²) in [6, 6.07) is 1.90. The van der Waals surface area contributed by atoms with Gasteiger partial charge in [0, 0.05) is 23.7 Å². The molecule has 0 saturated heterocycles. The maximum atomic E-state index is 9.27. The van der Waals surface area contributed by atoms with Crippen LogP contribution in [0.3, 0.4) is 0 Å². The predicted molar refractivity (Wildman–Crippen MR) is 56.7 cm³/mol. The van der Waals surface area contributed by atoms with Crippen LogP contribution in [-0.4, -0.2) is 17.8 Å². The second kappa shape index (κ2) is 5.21. The lowest BCUT2D eigenvalue weighted by molar-refractivity contribution is 0.167. The molecule has 0 aromatic carbocycles. The number of aliphatic hydroxyl groups excluding tert-OH is 1. The van der Waals surface area contributed by atoms with Gasteiger partial charge < -0.3 is 16.2 Å². The molecule has 1 unspecified atom stereocenters. The van der Waals surface area contributed by atoms with E-state index in [9.17, 15) is 5.11 Å². The van der Waals surface area contributed by atoms with E-state index in [2.05, 4.69) is 5.32 Å². The molecule has 4 N–H and O–H groups in total. The van der Waals surface area contributed by atoms with Crippen LogP contribution >= 0.6 is 11.3 Å². The standard InChI is InChI=1S/C9H16N2OS/c1-2-7(12)5-11-6-9-8(10)3-4-13-9/h3-4,7,11-12H,2,5-6,10H2,1H3. The molecule has 0 amide bonds. The monoisotopic (exact) mass is 200 g/mol. The molecule has 1 aromatic rings. The van der Waals surface area contributed by atoms with E-state index in [1.165, 1.54) is 0 Å². The predicted octanol–water partition coefficient (Wildman–Crippen LogP) is 1.19. The first-order valence-electron chi connectivity index (χ1n) is 4.44. The van der Waals surface area contributed by atoms with Gasteiger partial charge in [-0.25, -0.2) is 0 Å². The lowest BCUT2D eigenvalue weighted by Gasteiger charge is -2.08. The number of nitrogens with one attached hydrogen (secondary N) is 1. The van der Waals surface area contributed by atoms with Gasteiger partial charge in [0.2, 0.25) is 0 Å². The topological polar surface area (TPSA) is 58.3 Å². The smallest absolute Gasteiger partial charge is 0.0662 e. The summed E-state index contributed by atoms with van der Waals surface area (Å²) >= 11 is 1.64. The number of anilines is 1. The van der Waals surface area contributed by atoms with Gasteiger partial charge >= 0.3 is 0 Å². The minimum Gasteiger partial charge on any atom is -0.398 e. The molecule has 0 radical (unpaired) electrons. The van der Waals surface area contributed by atoms with Gasteiger partial charge in [-0.05, 0) is 17.9 Å². The molecular formula is C9H16N2OS. The summed E-state index contributed by atoms with van der Waals surface area (Å²) in [6.45, 7) is 3.35. The SMILES string of the molecule is CCC(O)CNCc1sccc1N. The molecule has 0 bridgehead atoms. The Morgan fingerprint density at radius 1 is 1.69 bits per heavy atom. The number of thiophene rings is 1. The second-order valence-electron chi connectivity index (χ2n) is 2.99. The van der Waals surface area contributed by atoms with Crippen molar-refractivity contribution in [3.05, 3.63) is 16.3 Å². The number of aliphatic hydroxyl groups is 1. The van der Waals surface area contributed by atoms with Crippen molar-refractivity contribution >= 4 is 17.0 Å². The highest BCUT2D eigenvalue weighted by Gasteiger charge is 2.02. The summed E-state index contributed by atoms with van der Waals surface area (Å²) in [5.41, 5.74) is 6.53. The highest BCUT2D eigenvalue weighted by molar-refractivity contribution is 7.10. The normalized spacial score (nSPS) is 13.1. The molecule has 1 heterocycles. The largest absolute Gasteiger partial charge is 0.398 e. The van der Waals surface area contributed by atoms with Gasteiger partial charge in [0.1, 0.15) is 0 Å². The lowest BCUT2D eigenvalue weighted by Crippen LogP contribution is -2.25. The Balaban J connectivity index is 2.24. The van der Waals surface area contributed by atoms with Crippen LogP contribution in [0.1, 0.15) is 18.2 Å². The molecule has 0 aliphatic rings. The minimum atomic E-state index is -0.249. The van der Waals surface area contributed by atoms with Crippen molar-refractivity contribution in [1.29, 1.82) is 0 Å². The Morgan fingerprint density at radius 3 is 3.00 bits per heavy atom. The van der Waals surface area contributed by atoms with Gasteiger partial charge in [0.25, 0.3) is 0 Å². The van der Waals surface area contributed by atoms with Crippen LogP contribution in [0.5, 0.6) is 0 Å². The fourth-order valence-corrected chi connectivity index (χ4v) is 1.76. The zero-order chi connectivity index (χ0) is 9.68. The van der Waals surface area contributed by atoms with E-state index in [1.54, 1.807) is 11.3 Å². The number of hydrogen-bond donors (Lipinski definition) is 3. The number of nitrogens with two attached hydrogens (primary N) is 1. The molecule has 0 aliphatic heterocycles. The van der Waals surface area contributed by atoms with E-state index in [1.807, 2.05) is 18.4 Å². The maximum absolute atomic E-state index is 9.27. The van der Waals surface area contributed by atoms with Crippen LogP contribution < -0.4 is 11.1 Å². The quantitative estimate of drug-likeness (QED) is 0.669. The average Bonchev–Trinajstić information content (AvgIpc) is 2.52. The molecule has 13 heavy (non-hydrogen) atoms. The third kappa shape index (κ3) is 3.34. The van der Waals surface area contributed by atoms with Crippen molar-refractivity contribution in [2.45, 2.75) is 26.0 Å². The second-order valence-corrected chi connectivity index (χ2v) is 3.99. The van der Waals surface area contributed by atoms with Crippen LogP contribution in [0.4, 0.5) is 5.69 Å². The van der Waals surface area contributed by atoms with Crippen LogP contribution in [0.2, 0.25) is 0 Å². The Morgan fingerprint density at radius 2 is 2.46 bits per heavy atom. The molecule has 74 valence electrons. The van der Waals surface area contributed by atoms with E-state index in [0.717, 1.165) is 23.5 Å². The molecule has 0 fully saturated rings. The van der Waals surface area contributed by atoms with Crippen LogP contribution in [0.15, 0.2) is 11.4 Å². The Bertz CT molecular complexity index is 250. The summed E-state index contributed by atoms with van der Waals surface area (Å²) in [6.07, 6.45) is 0.536. The number of rotatable bonds is 5. The van der Waals surface area contributed by atoms with Crippen molar-refractivity contribution in [2.24, 2.45) is 0 Å². The van der Waals surface area contributed by atoms with Gasteiger partial charge in [-0.1, -0.05) is 6.92 Å². The summed E-state index contributed by atoms with van der Waals surface area (Å²) in [7, 11) is 0. The highest BCUT2D eigenvalue weighted by atomic mass is 32.1. The number of hydrogen-bond acceptors (Lipinski definition) is 4. The van der Waals surface area contributed by atoms with Gasteiger partial charge in [0.15, 0.2) is 0 Å². The zero-order valence-corrected chi connectivity index (χ0v) is 8.60. The van der Waals surface area contributed by atoms with Crippen molar-refractivity contribution in [3.8, 4) is 0 Å². The average molecular weight is 200 g/mol. The molecule has 0 aliphatic carbocycles.